The number of aryl methyl sites for hydroxylation is 2. The summed E-state index contributed by atoms with van der Waals surface area (Å²) in [6.45, 7) is 4.33. The van der Waals surface area contributed by atoms with Crippen LogP contribution in [0.5, 0.6) is 0 Å². The lowest BCUT2D eigenvalue weighted by molar-refractivity contribution is 1.14. The number of hydrogen-bond donors (Lipinski definition) is 2. The van der Waals surface area contributed by atoms with E-state index in [1.807, 2.05) is 6.07 Å². The Bertz CT molecular complexity index is 595. The quantitative estimate of drug-likeness (QED) is 0.819. The Morgan fingerprint density at radius 2 is 1.74 bits per heavy atom. The molecule has 0 aliphatic carbocycles. The maximum Gasteiger partial charge on any atom is 0.135 e. The van der Waals surface area contributed by atoms with E-state index in [-0.39, 0.29) is 6.54 Å². The molecule has 0 unspecified atom stereocenters. The van der Waals surface area contributed by atoms with Crippen molar-refractivity contribution in [2.45, 2.75) is 13.8 Å². The molecular formula is C14H15N5. The molecule has 2 aromatic rings. The Morgan fingerprint density at radius 1 is 1.05 bits per heavy atom. The first-order valence-corrected chi connectivity index (χ1v) is 5.95. The van der Waals surface area contributed by atoms with Crippen molar-refractivity contribution < 1.29 is 0 Å². The number of nitrogens with zero attached hydrogens (tertiary/aromatic N) is 3. The fourth-order valence-electron chi connectivity index (χ4n) is 1.85. The van der Waals surface area contributed by atoms with Gasteiger partial charge in [-0.2, -0.15) is 5.26 Å². The average Bonchev–Trinajstić information content (AvgIpc) is 2.35. The summed E-state index contributed by atoms with van der Waals surface area (Å²) in [4.78, 5) is 8.20. The molecule has 0 fully saturated rings. The van der Waals surface area contributed by atoms with Crippen molar-refractivity contribution in [3.8, 4) is 6.07 Å². The van der Waals surface area contributed by atoms with Gasteiger partial charge in [-0.3, -0.25) is 0 Å². The van der Waals surface area contributed by atoms with E-state index in [0.717, 1.165) is 5.69 Å². The van der Waals surface area contributed by atoms with Crippen molar-refractivity contribution in [3.05, 3.63) is 41.7 Å². The van der Waals surface area contributed by atoms with Crippen LogP contribution in [0.1, 0.15) is 11.1 Å². The molecule has 0 saturated carbocycles. The van der Waals surface area contributed by atoms with Crippen LogP contribution in [0, 0.1) is 25.2 Å². The second-order valence-corrected chi connectivity index (χ2v) is 4.30. The monoisotopic (exact) mass is 253 g/mol. The van der Waals surface area contributed by atoms with Gasteiger partial charge >= 0.3 is 0 Å². The number of rotatable bonds is 4. The van der Waals surface area contributed by atoms with Crippen LogP contribution in [0.25, 0.3) is 0 Å². The molecule has 0 amide bonds. The summed E-state index contributed by atoms with van der Waals surface area (Å²) in [6, 6.07) is 10.0. The zero-order valence-electron chi connectivity index (χ0n) is 10.9. The van der Waals surface area contributed by atoms with Crippen molar-refractivity contribution in [2.24, 2.45) is 0 Å². The smallest absolute Gasteiger partial charge is 0.135 e. The minimum atomic E-state index is 0.222. The number of nitrogens with one attached hydrogen (secondary N) is 2. The van der Waals surface area contributed by atoms with Gasteiger partial charge in [-0.05, 0) is 37.1 Å². The first kappa shape index (κ1) is 12.8. The van der Waals surface area contributed by atoms with Crippen LogP contribution in [0.3, 0.4) is 0 Å². The fraction of sp³-hybridized carbons (Fsp3) is 0.214. The standard InChI is InChI=1S/C14H15N5/c1-10-5-11(2)7-12(6-10)19-14-8-13(16-4-3-15)17-9-18-14/h5-9H,4H2,1-2H3,(H2,16,17,18,19). The van der Waals surface area contributed by atoms with Gasteiger partial charge in [-0.25, -0.2) is 9.97 Å². The average molecular weight is 253 g/mol. The predicted octanol–water partition coefficient (Wildman–Crippen LogP) is 2.77. The molecule has 5 nitrogen and oxygen atoms in total. The second-order valence-electron chi connectivity index (χ2n) is 4.30. The number of benzene rings is 1. The molecule has 0 saturated heterocycles. The van der Waals surface area contributed by atoms with Crippen LogP contribution in [-0.2, 0) is 0 Å². The molecule has 0 radical (unpaired) electrons. The molecule has 19 heavy (non-hydrogen) atoms. The molecule has 2 rings (SSSR count). The Kier molecular flexibility index (Phi) is 3.94. The van der Waals surface area contributed by atoms with Crippen LogP contribution in [0.15, 0.2) is 30.6 Å². The zero-order valence-corrected chi connectivity index (χ0v) is 10.9. The Balaban J connectivity index is 2.16. The van der Waals surface area contributed by atoms with Gasteiger partial charge in [0.2, 0.25) is 0 Å². The summed E-state index contributed by atoms with van der Waals surface area (Å²) in [5.74, 6) is 1.32. The molecule has 0 aliphatic heterocycles. The van der Waals surface area contributed by atoms with E-state index < -0.39 is 0 Å². The van der Waals surface area contributed by atoms with Crippen LogP contribution < -0.4 is 10.6 Å². The van der Waals surface area contributed by atoms with Crippen LogP contribution >= 0.6 is 0 Å². The molecule has 1 heterocycles. The highest BCUT2D eigenvalue weighted by Gasteiger charge is 2.00. The van der Waals surface area contributed by atoms with E-state index in [9.17, 15) is 0 Å². The molecule has 2 N–H and O–H groups in total. The molecular weight excluding hydrogens is 238 g/mol. The number of nitriles is 1. The second kappa shape index (κ2) is 5.83. The molecule has 0 atom stereocenters. The van der Waals surface area contributed by atoms with Crippen molar-refractivity contribution in [1.82, 2.24) is 9.97 Å². The summed E-state index contributed by atoms with van der Waals surface area (Å²) < 4.78 is 0. The summed E-state index contributed by atoms with van der Waals surface area (Å²) in [6.07, 6.45) is 1.46. The fourth-order valence-corrected chi connectivity index (χ4v) is 1.85. The lowest BCUT2D eigenvalue weighted by Gasteiger charge is -2.09. The van der Waals surface area contributed by atoms with Gasteiger partial charge in [0.05, 0.1) is 6.07 Å². The Hall–Kier alpha value is -2.61. The maximum absolute atomic E-state index is 8.52. The topological polar surface area (TPSA) is 73.6 Å². The molecule has 96 valence electrons. The number of aromatic nitrogens is 2. The van der Waals surface area contributed by atoms with Crippen molar-refractivity contribution in [2.75, 3.05) is 17.2 Å². The third kappa shape index (κ3) is 3.68. The SMILES string of the molecule is Cc1cc(C)cc(Nc2cc(NCC#N)ncn2)c1. The summed E-state index contributed by atoms with van der Waals surface area (Å²) in [7, 11) is 0. The van der Waals surface area contributed by atoms with Crippen LogP contribution in [0.2, 0.25) is 0 Å². The first-order valence-electron chi connectivity index (χ1n) is 5.95. The van der Waals surface area contributed by atoms with E-state index in [1.54, 1.807) is 6.07 Å². The van der Waals surface area contributed by atoms with E-state index in [2.05, 4.69) is 52.6 Å². The molecule has 0 bridgehead atoms. The molecule has 0 spiro atoms. The lowest BCUT2D eigenvalue weighted by Crippen LogP contribution is -2.02. The highest BCUT2D eigenvalue weighted by molar-refractivity contribution is 5.60. The lowest BCUT2D eigenvalue weighted by atomic mass is 10.1. The van der Waals surface area contributed by atoms with E-state index in [0.29, 0.717) is 11.6 Å². The van der Waals surface area contributed by atoms with E-state index in [4.69, 9.17) is 5.26 Å². The summed E-state index contributed by atoms with van der Waals surface area (Å²) >= 11 is 0. The molecule has 0 aliphatic rings. The first-order chi connectivity index (χ1) is 9.17. The molecule has 1 aromatic heterocycles. The minimum Gasteiger partial charge on any atom is -0.357 e. The Labute approximate surface area is 112 Å². The highest BCUT2D eigenvalue weighted by atomic mass is 15.1. The third-order valence-electron chi connectivity index (χ3n) is 2.51. The Morgan fingerprint density at radius 3 is 2.42 bits per heavy atom. The summed E-state index contributed by atoms with van der Waals surface area (Å²) in [5.41, 5.74) is 3.38. The van der Waals surface area contributed by atoms with Gasteiger partial charge in [0, 0.05) is 11.8 Å². The molecule has 5 heteroatoms. The van der Waals surface area contributed by atoms with E-state index in [1.165, 1.54) is 17.5 Å². The van der Waals surface area contributed by atoms with Crippen molar-refractivity contribution in [1.29, 1.82) is 5.26 Å². The molecule has 1 aromatic carbocycles. The zero-order chi connectivity index (χ0) is 13.7. The third-order valence-corrected chi connectivity index (χ3v) is 2.51. The van der Waals surface area contributed by atoms with Gasteiger partial charge in [0.1, 0.15) is 24.5 Å². The normalized spacial score (nSPS) is 9.74. The van der Waals surface area contributed by atoms with Gasteiger partial charge in [0.25, 0.3) is 0 Å². The van der Waals surface area contributed by atoms with Gasteiger partial charge in [0.15, 0.2) is 0 Å². The number of hydrogen-bond acceptors (Lipinski definition) is 5. The van der Waals surface area contributed by atoms with Crippen molar-refractivity contribution >= 4 is 17.3 Å². The largest absolute Gasteiger partial charge is 0.357 e. The van der Waals surface area contributed by atoms with Crippen LogP contribution in [-0.4, -0.2) is 16.5 Å². The van der Waals surface area contributed by atoms with Gasteiger partial charge in [-0.15, -0.1) is 0 Å². The number of anilines is 3. The van der Waals surface area contributed by atoms with E-state index >= 15 is 0 Å². The maximum atomic E-state index is 8.52. The predicted molar refractivity (Wildman–Crippen MR) is 75.3 cm³/mol. The van der Waals surface area contributed by atoms with Crippen molar-refractivity contribution in [3.63, 3.8) is 0 Å². The summed E-state index contributed by atoms with van der Waals surface area (Å²) in [5, 5.41) is 14.6. The van der Waals surface area contributed by atoms with Gasteiger partial charge < -0.3 is 10.6 Å². The van der Waals surface area contributed by atoms with Gasteiger partial charge in [-0.1, -0.05) is 6.07 Å². The van der Waals surface area contributed by atoms with Crippen LogP contribution in [0.4, 0.5) is 17.3 Å². The highest BCUT2D eigenvalue weighted by Crippen LogP contribution is 2.19. The minimum absolute atomic E-state index is 0.222.